The molecule has 1 atom stereocenters. The molecule has 1 unspecified atom stereocenters. The second kappa shape index (κ2) is 21.2. The number of hydrogen-bond acceptors (Lipinski definition) is 2. The van der Waals surface area contributed by atoms with E-state index in [9.17, 15) is 14.3 Å². The van der Waals surface area contributed by atoms with Crippen LogP contribution in [0.4, 0.5) is 0 Å². The van der Waals surface area contributed by atoms with Gasteiger partial charge in [0.05, 0.1) is 0 Å². The predicted octanol–water partition coefficient (Wildman–Crippen LogP) is 8.10. The molecule has 0 saturated carbocycles. The number of hydrogen-bond donors (Lipinski definition) is 1. The van der Waals surface area contributed by atoms with Crippen molar-refractivity contribution < 1.29 is 14.3 Å². The lowest BCUT2D eigenvalue weighted by molar-refractivity contribution is -0.111. The van der Waals surface area contributed by atoms with Crippen molar-refractivity contribution in [2.45, 2.75) is 116 Å². The van der Waals surface area contributed by atoms with Crippen LogP contribution < -0.4 is 0 Å². The van der Waals surface area contributed by atoms with Gasteiger partial charge < -0.3 is 4.89 Å². The number of unbranched alkanes of at least 4 members (excludes halogenated alkanes) is 15. The summed E-state index contributed by atoms with van der Waals surface area (Å²) in [5, 5.41) is -0.522. The fourth-order valence-corrected chi connectivity index (χ4v) is 5.00. The summed E-state index contributed by atoms with van der Waals surface area (Å²) < 4.78 is 11.8. The Morgan fingerprint density at radius 1 is 0.704 bits per heavy atom. The molecule has 1 N–H and O–H groups in total. The summed E-state index contributed by atoms with van der Waals surface area (Å²) in [6, 6.07) is 0. The van der Waals surface area contributed by atoms with E-state index >= 15 is 0 Å². The van der Waals surface area contributed by atoms with Gasteiger partial charge in [0.2, 0.25) is 12.6 Å². The molecule has 0 rings (SSSR count). The Kier molecular flexibility index (Phi) is 23.2. The van der Waals surface area contributed by atoms with E-state index in [4.69, 9.17) is 11.6 Å². The SMILES string of the molecule is CCCCCCCCCCCCCCCCCCP(=O)(O)CCC(=O)Cl.Cl. The van der Waals surface area contributed by atoms with Crippen molar-refractivity contribution >= 4 is 36.6 Å². The third-order valence-corrected chi connectivity index (χ3v) is 7.15. The Morgan fingerprint density at radius 2 is 1.04 bits per heavy atom. The van der Waals surface area contributed by atoms with Gasteiger partial charge in [-0.2, -0.15) is 0 Å². The van der Waals surface area contributed by atoms with Gasteiger partial charge in [-0.3, -0.25) is 9.36 Å². The molecule has 0 heterocycles. The fraction of sp³-hybridized carbons (Fsp3) is 0.952. The molecule has 0 aromatic carbocycles. The first kappa shape index (κ1) is 29.6. The number of carbonyl (C=O) groups is 1. The molecule has 164 valence electrons. The quantitative estimate of drug-likeness (QED) is 0.117. The molecule has 0 amide bonds. The lowest BCUT2D eigenvalue weighted by Gasteiger charge is -2.09. The molecule has 0 aliphatic rings. The van der Waals surface area contributed by atoms with Crippen LogP contribution in [0.3, 0.4) is 0 Å². The van der Waals surface area contributed by atoms with E-state index in [0.717, 1.165) is 19.3 Å². The molecule has 0 aromatic heterocycles. The van der Waals surface area contributed by atoms with Crippen LogP contribution in [0.25, 0.3) is 0 Å². The van der Waals surface area contributed by atoms with Crippen molar-refractivity contribution in [2.24, 2.45) is 0 Å². The Balaban J connectivity index is 0. The number of carbonyl (C=O) groups excluding carboxylic acids is 1. The minimum atomic E-state index is -3.14. The molecule has 0 aliphatic heterocycles. The molecule has 6 heteroatoms. The summed E-state index contributed by atoms with van der Waals surface area (Å²) in [7, 11) is -3.14. The van der Waals surface area contributed by atoms with E-state index in [1.165, 1.54) is 83.5 Å². The van der Waals surface area contributed by atoms with Crippen LogP contribution in [0.1, 0.15) is 116 Å². The van der Waals surface area contributed by atoms with Gasteiger partial charge in [0.15, 0.2) is 0 Å². The van der Waals surface area contributed by atoms with E-state index in [1.807, 2.05) is 0 Å². The van der Waals surface area contributed by atoms with Gasteiger partial charge in [-0.25, -0.2) is 0 Å². The minimum absolute atomic E-state index is 0. The predicted molar refractivity (Wildman–Crippen MR) is 122 cm³/mol. The summed E-state index contributed by atoms with van der Waals surface area (Å²) in [6.45, 7) is 2.27. The highest BCUT2D eigenvalue weighted by Crippen LogP contribution is 2.42. The first-order valence-electron chi connectivity index (χ1n) is 11.0. The Labute approximate surface area is 179 Å². The monoisotopic (exact) mass is 444 g/mol. The molecule has 0 aromatic rings. The lowest BCUT2D eigenvalue weighted by atomic mass is 10.0. The molecule has 0 aliphatic carbocycles. The number of rotatable bonds is 20. The zero-order valence-corrected chi connectivity index (χ0v) is 19.9. The summed E-state index contributed by atoms with van der Waals surface area (Å²) in [4.78, 5) is 20.4. The second-order valence-corrected chi connectivity index (χ2v) is 10.7. The summed E-state index contributed by atoms with van der Waals surface area (Å²) in [6.07, 6.45) is 21.1. The van der Waals surface area contributed by atoms with E-state index in [1.54, 1.807) is 0 Å². The van der Waals surface area contributed by atoms with E-state index in [-0.39, 0.29) is 25.0 Å². The first-order valence-corrected chi connectivity index (χ1v) is 13.4. The van der Waals surface area contributed by atoms with Crippen LogP contribution in [-0.2, 0) is 9.36 Å². The van der Waals surface area contributed by atoms with Gasteiger partial charge in [-0.15, -0.1) is 12.4 Å². The summed E-state index contributed by atoms with van der Waals surface area (Å²) >= 11 is 5.22. The second-order valence-electron chi connectivity index (χ2n) is 7.70. The smallest absolute Gasteiger partial charge is 0.222 e. The molecular weight excluding hydrogens is 402 g/mol. The van der Waals surface area contributed by atoms with Gasteiger partial charge in [0.25, 0.3) is 0 Å². The van der Waals surface area contributed by atoms with Crippen LogP contribution >= 0.6 is 31.4 Å². The maximum atomic E-state index is 11.8. The van der Waals surface area contributed by atoms with Crippen molar-refractivity contribution in [2.75, 3.05) is 12.3 Å². The van der Waals surface area contributed by atoms with Crippen LogP contribution in [0.5, 0.6) is 0 Å². The average Bonchev–Trinajstić information content (AvgIpc) is 2.60. The number of halogens is 2. The van der Waals surface area contributed by atoms with Gasteiger partial charge >= 0.3 is 0 Å². The van der Waals surface area contributed by atoms with E-state index in [0.29, 0.717) is 6.16 Å². The van der Waals surface area contributed by atoms with Gasteiger partial charge in [-0.05, 0) is 18.0 Å². The zero-order valence-electron chi connectivity index (χ0n) is 17.4. The molecule has 0 fully saturated rings. The maximum absolute atomic E-state index is 11.8. The summed E-state index contributed by atoms with van der Waals surface area (Å²) in [5.74, 6) is 0. The van der Waals surface area contributed by atoms with Crippen LogP contribution in [0.15, 0.2) is 0 Å². The molecule has 0 radical (unpaired) electrons. The fourth-order valence-electron chi connectivity index (χ4n) is 3.28. The molecule has 0 bridgehead atoms. The van der Waals surface area contributed by atoms with Crippen molar-refractivity contribution in [3.05, 3.63) is 0 Å². The van der Waals surface area contributed by atoms with E-state index in [2.05, 4.69) is 6.92 Å². The highest BCUT2D eigenvalue weighted by molar-refractivity contribution is 7.58. The van der Waals surface area contributed by atoms with Crippen molar-refractivity contribution in [3.63, 3.8) is 0 Å². The van der Waals surface area contributed by atoms with Crippen LogP contribution in [0.2, 0.25) is 0 Å². The highest BCUT2D eigenvalue weighted by Gasteiger charge is 2.18. The topological polar surface area (TPSA) is 54.4 Å². The Morgan fingerprint density at radius 3 is 1.37 bits per heavy atom. The van der Waals surface area contributed by atoms with Crippen molar-refractivity contribution in [3.8, 4) is 0 Å². The minimum Gasteiger partial charge on any atom is -0.344 e. The normalized spacial score (nSPS) is 13.1. The molecule has 3 nitrogen and oxygen atoms in total. The van der Waals surface area contributed by atoms with Crippen molar-refractivity contribution in [1.29, 1.82) is 0 Å². The first-order chi connectivity index (χ1) is 12.5. The molecular formula is C21H43Cl2O3P. The molecule has 27 heavy (non-hydrogen) atoms. The lowest BCUT2D eigenvalue weighted by Crippen LogP contribution is -1.98. The average molecular weight is 445 g/mol. The standard InChI is InChI=1S/C21H42ClO3P.ClH/c1-2-3-4-5-6-7-8-9-10-11-12-13-14-15-16-17-19-26(24,25)20-18-21(22)23;/h2-20H2,1H3,(H,24,25);1H. The van der Waals surface area contributed by atoms with Gasteiger partial charge in [-0.1, -0.05) is 103 Å². The summed E-state index contributed by atoms with van der Waals surface area (Å²) in [5.41, 5.74) is 0. The van der Waals surface area contributed by atoms with Crippen LogP contribution in [0, 0.1) is 0 Å². The molecule has 0 spiro atoms. The maximum Gasteiger partial charge on any atom is 0.222 e. The molecule has 0 saturated heterocycles. The van der Waals surface area contributed by atoms with Crippen molar-refractivity contribution in [1.82, 2.24) is 0 Å². The van der Waals surface area contributed by atoms with E-state index < -0.39 is 12.6 Å². The third-order valence-electron chi connectivity index (χ3n) is 5.02. The zero-order chi connectivity index (χ0) is 19.5. The van der Waals surface area contributed by atoms with Crippen LogP contribution in [-0.4, -0.2) is 22.5 Å². The highest BCUT2D eigenvalue weighted by atomic mass is 35.5. The van der Waals surface area contributed by atoms with Gasteiger partial charge in [0, 0.05) is 18.7 Å². The van der Waals surface area contributed by atoms with Gasteiger partial charge in [0.1, 0.15) is 0 Å². The third kappa shape index (κ3) is 24.4. The Bertz CT molecular complexity index is 378. The largest absolute Gasteiger partial charge is 0.344 e. The Hall–Kier alpha value is 0.440.